The SMILES string of the molecule is COc1ccc(C(NC(=O)CN2C(=O)CCC2=O)C(=O)Nc2ccc(S(C)(C)C)cc2)cc1. The summed E-state index contributed by atoms with van der Waals surface area (Å²) >= 11 is 0. The molecule has 9 heteroatoms. The Labute approximate surface area is 195 Å². The molecular weight excluding hydrogens is 442 g/mol. The van der Waals surface area contributed by atoms with Gasteiger partial charge in [-0.1, -0.05) is 12.1 Å². The molecule has 33 heavy (non-hydrogen) atoms. The fourth-order valence-corrected chi connectivity index (χ4v) is 4.36. The molecule has 3 rings (SSSR count). The molecule has 8 nitrogen and oxygen atoms in total. The highest BCUT2D eigenvalue weighted by Crippen LogP contribution is 2.45. The third-order valence-corrected chi connectivity index (χ3v) is 6.99. The van der Waals surface area contributed by atoms with Crippen molar-refractivity contribution in [1.29, 1.82) is 0 Å². The maximum atomic E-state index is 13.2. The van der Waals surface area contributed by atoms with Crippen LogP contribution in [0.25, 0.3) is 0 Å². The lowest BCUT2D eigenvalue weighted by Gasteiger charge is -2.26. The summed E-state index contributed by atoms with van der Waals surface area (Å²) < 4.78 is 5.17. The minimum Gasteiger partial charge on any atom is -0.497 e. The van der Waals surface area contributed by atoms with Crippen LogP contribution >= 0.6 is 10.0 Å². The van der Waals surface area contributed by atoms with E-state index in [1.54, 1.807) is 24.3 Å². The van der Waals surface area contributed by atoms with E-state index in [1.165, 1.54) is 12.0 Å². The number of nitrogens with one attached hydrogen (secondary N) is 2. The normalized spacial score (nSPS) is 15.2. The van der Waals surface area contributed by atoms with Crippen LogP contribution in [0.3, 0.4) is 0 Å². The van der Waals surface area contributed by atoms with Crippen LogP contribution in [0.4, 0.5) is 5.69 Å². The van der Waals surface area contributed by atoms with Crippen LogP contribution in [-0.2, 0) is 19.2 Å². The number of benzene rings is 2. The summed E-state index contributed by atoms with van der Waals surface area (Å²) in [5.74, 6) is -1.20. The predicted molar refractivity (Wildman–Crippen MR) is 129 cm³/mol. The fourth-order valence-electron chi connectivity index (χ4n) is 3.41. The zero-order chi connectivity index (χ0) is 24.2. The van der Waals surface area contributed by atoms with Crippen molar-refractivity contribution in [3.63, 3.8) is 0 Å². The minimum atomic E-state index is -1.02. The molecule has 176 valence electrons. The van der Waals surface area contributed by atoms with E-state index < -0.39 is 34.4 Å². The monoisotopic (exact) mass is 471 g/mol. The van der Waals surface area contributed by atoms with E-state index in [-0.39, 0.29) is 24.7 Å². The maximum absolute atomic E-state index is 13.2. The first-order valence-electron chi connectivity index (χ1n) is 10.4. The van der Waals surface area contributed by atoms with E-state index in [9.17, 15) is 19.2 Å². The van der Waals surface area contributed by atoms with Crippen molar-refractivity contribution in [3.8, 4) is 5.75 Å². The molecule has 1 aliphatic heterocycles. The van der Waals surface area contributed by atoms with Crippen LogP contribution in [0, 0.1) is 0 Å². The van der Waals surface area contributed by atoms with Gasteiger partial charge in [-0.3, -0.25) is 24.1 Å². The third-order valence-electron chi connectivity index (χ3n) is 5.30. The van der Waals surface area contributed by atoms with Crippen LogP contribution in [0.5, 0.6) is 5.75 Å². The average molecular weight is 472 g/mol. The van der Waals surface area contributed by atoms with Gasteiger partial charge in [0, 0.05) is 18.5 Å². The van der Waals surface area contributed by atoms with Crippen LogP contribution in [-0.4, -0.2) is 61.0 Å². The van der Waals surface area contributed by atoms with Gasteiger partial charge in [0.1, 0.15) is 18.3 Å². The molecule has 2 aromatic carbocycles. The minimum absolute atomic E-state index is 0.0980. The zero-order valence-corrected chi connectivity index (χ0v) is 20.0. The summed E-state index contributed by atoms with van der Waals surface area (Å²) in [5, 5.41) is 5.50. The Balaban J connectivity index is 1.78. The quantitative estimate of drug-likeness (QED) is 0.576. The van der Waals surface area contributed by atoms with Crippen molar-refractivity contribution in [2.45, 2.75) is 23.8 Å². The van der Waals surface area contributed by atoms with Gasteiger partial charge < -0.3 is 15.4 Å². The number of amides is 4. The second-order valence-electron chi connectivity index (χ2n) is 8.50. The molecule has 2 aromatic rings. The molecule has 1 atom stereocenters. The molecule has 0 bridgehead atoms. The first-order valence-corrected chi connectivity index (χ1v) is 13.3. The van der Waals surface area contributed by atoms with Crippen molar-refractivity contribution < 1.29 is 23.9 Å². The number of hydrogen-bond donors (Lipinski definition) is 2. The summed E-state index contributed by atoms with van der Waals surface area (Å²) in [6, 6.07) is 13.4. The predicted octanol–water partition coefficient (Wildman–Crippen LogP) is 2.69. The highest BCUT2D eigenvalue weighted by atomic mass is 32.3. The lowest BCUT2D eigenvalue weighted by Crippen LogP contribution is -2.44. The van der Waals surface area contributed by atoms with E-state index in [0.717, 1.165) is 4.90 Å². The van der Waals surface area contributed by atoms with E-state index >= 15 is 0 Å². The Morgan fingerprint density at radius 3 is 2.06 bits per heavy atom. The highest BCUT2D eigenvalue weighted by molar-refractivity contribution is 8.32. The number of methoxy groups -OCH3 is 1. The smallest absolute Gasteiger partial charge is 0.251 e. The van der Waals surface area contributed by atoms with E-state index in [1.807, 2.05) is 24.3 Å². The van der Waals surface area contributed by atoms with Gasteiger partial charge in [-0.2, -0.15) is 0 Å². The van der Waals surface area contributed by atoms with Crippen molar-refractivity contribution in [3.05, 3.63) is 54.1 Å². The third kappa shape index (κ3) is 6.13. The number of likely N-dealkylation sites (tertiary alicyclic amines) is 1. The second-order valence-corrected chi connectivity index (χ2v) is 12.6. The Morgan fingerprint density at radius 2 is 1.55 bits per heavy atom. The zero-order valence-electron chi connectivity index (χ0n) is 19.2. The number of carbonyl (C=O) groups excluding carboxylic acids is 4. The highest BCUT2D eigenvalue weighted by Gasteiger charge is 2.32. The van der Waals surface area contributed by atoms with Crippen LogP contribution < -0.4 is 15.4 Å². The first-order chi connectivity index (χ1) is 15.6. The molecule has 1 unspecified atom stereocenters. The molecule has 0 spiro atoms. The van der Waals surface area contributed by atoms with Gasteiger partial charge >= 0.3 is 0 Å². The fraction of sp³-hybridized carbons (Fsp3) is 0.333. The van der Waals surface area contributed by atoms with Gasteiger partial charge in [-0.05, 0) is 65.6 Å². The van der Waals surface area contributed by atoms with Crippen molar-refractivity contribution >= 4 is 39.3 Å². The Hall–Kier alpha value is -3.33. The van der Waals surface area contributed by atoms with Gasteiger partial charge in [0.2, 0.25) is 17.7 Å². The van der Waals surface area contributed by atoms with Gasteiger partial charge in [0.25, 0.3) is 5.91 Å². The van der Waals surface area contributed by atoms with Crippen molar-refractivity contribution in [1.82, 2.24) is 10.2 Å². The summed E-state index contributed by atoms with van der Waals surface area (Å²) in [4.78, 5) is 51.6. The first kappa shape index (κ1) is 24.3. The van der Waals surface area contributed by atoms with Crippen molar-refractivity contribution in [2.24, 2.45) is 0 Å². The number of nitrogens with zero attached hydrogens (tertiary/aromatic N) is 1. The number of ether oxygens (including phenoxy) is 1. The number of anilines is 1. The van der Waals surface area contributed by atoms with Crippen LogP contribution in [0.15, 0.2) is 53.4 Å². The molecule has 4 amide bonds. The lowest BCUT2D eigenvalue weighted by atomic mass is 10.1. The maximum Gasteiger partial charge on any atom is 0.251 e. The molecule has 0 saturated carbocycles. The summed E-state index contributed by atoms with van der Waals surface area (Å²) in [7, 11) is 0.644. The van der Waals surface area contributed by atoms with Gasteiger partial charge in [0.15, 0.2) is 0 Å². The molecular formula is C24H29N3O5S. The molecule has 2 N–H and O–H groups in total. The number of hydrogen-bond acceptors (Lipinski definition) is 5. The van der Waals surface area contributed by atoms with Crippen LogP contribution in [0.1, 0.15) is 24.4 Å². The Kier molecular flexibility index (Phi) is 7.43. The van der Waals surface area contributed by atoms with E-state index in [4.69, 9.17) is 4.74 Å². The number of imide groups is 1. The van der Waals surface area contributed by atoms with Gasteiger partial charge in [-0.15, -0.1) is 0 Å². The molecule has 1 saturated heterocycles. The second kappa shape index (κ2) is 10.1. The largest absolute Gasteiger partial charge is 0.497 e. The number of rotatable bonds is 8. The van der Waals surface area contributed by atoms with E-state index in [2.05, 4.69) is 29.4 Å². The molecule has 1 heterocycles. The molecule has 0 aliphatic carbocycles. The Morgan fingerprint density at radius 1 is 0.970 bits per heavy atom. The standard InChI is InChI=1S/C24H29N3O5S/c1-32-18-9-5-16(6-10-18)23(26-20(28)15-27-21(29)13-14-22(27)30)24(31)25-17-7-11-19(12-8-17)33(2,3)4/h5-12,23H,13-15H2,1-4H3,(H,25,31)(H,26,28). The average Bonchev–Trinajstić information content (AvgIpc) is 3.09. The number of carbonyl (C=O) groups is 4. The van der Waals surface area contributed by atoms with Gasteiger partial charge in [0.05, 0.1) is 7.11 Å². The summed E-state index contributed by atoms with van der Waals surface area (Å²) in [6.45, 7) is -0.416. The molecule has 1 fully saturated rings. The van der Waals surface area contributed by atoms with Gasteiger partial charge in [-0.25, -0.2) is 10.0 Å². The van der Waals surface area contributed by atoms with E-state index in [0.29, 0.717) is 17.0 Å². The molecule has 1 aliphatic rings. The summed E-state index contributed by atoms with van der Waals surface area (Å²) in [5.41, 5.74) is 1.14. The summed E-state index contributed by atoms with van der Waals surface area (Å²) in [6.07, 6.45) is 6.75. The Bertz CT molecular complexity index is 1030. The van der Waals surface area contributed by atoms with Crippen LogP contribution in [0.2, 0.25) is 0 Å². The molecule has 0 aromatic heterocycles. The van der Waals surface area contributed by atoms with Crippen molar-refractivity contribution in [2.75, 3.05) is 37.7 Å². The lowest BCUT2D eigenvalue weighted by molar-refractivity contribution is -0.142. The molecule has 0 radical (unpaired) electrons. The topological polar surface area (TPSA) is 105 Å².